The molecule has 0 radical (unpaired) electrons. The smallest absolute Gasteiger partial charge is 0.227 e. The summed E-state index contributed by atoms with van der Waals surface area (Å²) < 4.78 is 0. The Labute approximate surface area is 99.7 Å². The summed E-state index contributed by atoms with van der Waals surface area (Å²) in [6, 6.07) is 8.86. The molecule has 1 heterocycles. The number of carbonyl (C=O) groups is 1. The third-order valence-electron chi connectivity index (χ3n) is 2.91. The van der Waals surface area contributed by atoms with Gasteiger partial charge in [-0.3, -0.25) is 4.79 Å². The molecule has 0 N–H and O–H groups in total. The molecular weight excluding hydrogens is 214 g/mol. The Balaban J connectivity index is 2.18. The van der Waals surface area contributed by atoms with Crippen LogP contribution in [0.1, 0.15) is 23.1 Å². The summed E-state index contributed by atoms with van der Waals surface area (Å²) in [4.78, 5) is 13.5. The average Bonchev–Trinajstić information content (AvgIpc) is 2.27. The van der Waals surface area contributed by atoms with Crippen LogP contribution in [0.15, 0.2) is 18.2 Å². The van der Waals surface area contributed by atoms with E-state index >= 15 is 0 Å². The van der Waals surface area contributed by atoms with E-state index < -0.39 is 0 Å². The van der Waals surface area contributed by atoms with Gasteiger partial charge >= 0.3 is 0 Å². The number of likely N-dealkylation sites (tertiary alicyclic amines) is 1. The highest BCUT2D eigenvalue weighted by Gasteiger charge is 2.21. The van der Waals surface area contributed by atoms with Crippen molar-refractivity contribution in [2.45, 2.75) is 12.8 Å². The normalized spacial score (nSPS) is 13.4. The fourth-order valence-corrected chi connectivity index (χ4v) is 1.74. The lowest BCUT2D eigenvalue weighted by molar-refractivity contribution is -0.133. The van der Waals surface area contributed by atoms with Crippen molar-refractivity contribution < 1.29 is 4.79 Å². The van der Waals surface area contributed by atoms with Gasteiger partial charge in [0.15, 0.2) is 0 Å². The van der Waals surface area contributed by atoms with E-state index in [1.165, 1.54) is 6.07 Å². The molecule has 1 amide bonds. The van der Waals surface area contributed by atoms with Gasteiger partial charge in [0.05, 0.1) is 29.7 Å². The quantitative estimate of drug-likeness (QED) is 0.759. The lowest BCUT2D eigenvalue weighted by Crippen LogP contribution is -2.42. The fraction of sp³-hybridized carbons (Fsp3) is 0.308. The summed E-state index contributed by atoms with van der Waals surface area (Å²) >= 11 is 0. The van der Waals surface area contributed by atoms with E-state index in [4.69, 9.17) is 10.5 Å². The monoisotopic (exact) mass is 225 g/mol. The van der Waals surface area contributed by atoms with E-state index in [-0.39, 0.29) is 12.3 Å². The molecule has 17 heavy (non-hydrogen) atoms. The Bertz CT molecular complexity index is 533. The number of nitriles is 2. The molecule has 1 fully saturated rings. The lowest BCUT2D eigenvalue weighted by Gasteiger charge is -2.31. The van der Waals surface area contributed by atoms with Crippen LogP contribution in [0.25, 0.3) is 0 Å². The van der Waals surface area contributed by atoms with Crippen molar-refractivity contribution in [1.29, 1.82) is 10.5 Å². The Morgan fingerprint density at radius 2 is 2.06 bits per heavy atom. The summed E-state index contributed by atoms with van der Waals surface area (Å²) in [7, 11) is 0. The molecule has 1 saturated heterocycles. The third-order valence-corrected chi connectivity index (χ3v) is 2.91. The van der Waals surface area contributed by atoms with E-state index in [2.05, 4.69) is 0 Å². The van der Waals surface area contributed by atoms with Gasteiger partial charge in [0.25, 0.3) is 0 Å². The summed E-state index contributed by atoms with van der Waals surface area (Å²) in [6.07, 6.45) is 1.30. The van der Waals surface area contributed by atoms with Crippen molar-refractivity contribution in [3.05, 3.63) is 34.9 Å². The van der Waals surface area contributed by atoms with E-state index in [0.29, 0.717) is 16.7 Å². The van der Waals surface area contributed by atoms with E-state index in [0.717, 1.165) is 19.5 Å². The SMILES string of the molecule is N#Cc1ccc(CC(=O)N2CCC2)c(C#N)c1. The largest absolute Gasteiger partial charge is 0.342 e. The van der Waals surface area contributed by atoms with Crippen LogP contribution >= 0.6 is 0 Å². The zero-order chi connectivity index (χ0) is 12.3. The molecule has 0 aliphatic carbocycles. The van der Waals surface area contributed by atoms with Crippen LogP contribution in [-0.2, 0) is 11.2 Å². The topological polar surface area (TPSA) is 67.9 Å². The van der Waals surface area contributed by atoms with E-state index in [1.54, 1.807) is 17.0 Å². The second kappa shape index (κ2) is 4.67. The molecule has 1 aromatic rings. The van der Waals surface area contributed by atoms with Gasteiger partial charge in [-0.25, -0.2) is 0 Å². The molecule has 4 nitrogen and oxygen atoms in total. The molecular formula is C13H11N3O. The van der Waals surface area contributed by atoms with Crippen LogP contribution in [0.5, 0.6) is 0 Å². The Morgan fingerprint density at radius 1 is 1.29 bits per heavy atom. The molecule has 0 spiro atoms. The highest BCUT2D eigenvalue weighted by Crippen LogP contribution is 2.15. The minimum absolute atomic E-state index is 0.0532. The fourth-order valence-electron chi connectivity index (χ4n) is 1.74. The van der Waals surface area contributed by atoms with Crippen molar-refractivity contribution >= 4 is 5.91 Å². The number of nitrogens with zero attached hydrogens (tertiary/aromatic N) is 3. The molecule has 4 heteroatoms. The van der Waals surface area contributed by atoms with Crippen LogP contribution in [0.2, 0.25) is 0 Å². The molecule has 84 valence electrons. The molecule has 1 aliphatic rings. The first-order chi connectivity index (χ1) is 8.24. The van der Waals surface area contributed by atoms with Crippen molar-refractivity contribution in [3.63, 3.8) is 0 Å². The second-order valence-electron chi connectivity index (χ2n) is 4.01. The minimum atomic E-state index is 0.0532. The lowest BCUT2D eigenvalue weighted by atomic mass is 10.0. The predicted octanol–water partition coefficient (Wildman–Crippen LogP) is 1.20. The van der Waals surface area contributed by atoms with Crippen LogP contribution in [0, 0.1) is 22.7 Å². The van der Waals surface area contributed by atoms with Gasteiger partial charge in [-0.05, 0) is 24.1 Å². The highest BCUT2D eigenvalue weighted by molar-refractivity contribution is 5.80. The highest BCUT2D eigenvalue weighted by atomic mass is 16.2. The van der Waals surface area contributed by atoms with Crippen LogP contribution in [-0.4, -0.2) is 23.9 Å². The number of benzene rings is 1. The summed E-state index contributed by atoms with van der Waals surface area (Å²) in [6.45, 7) is 1.63. The first-order valence-corrected chi connectivity index (χ1v) is 5.45. The molecule has 0 unspecified atom stereocenters. The molecule has 0 saturated carbocycles. The number of carbonyl (C=O) groups excluding carboxylic acids is 1. The van der Waals surface area contributed by atoms with Crippen molar-refractivity contribution in [1.82, 2.24) is 4.90 Å². The zero-order valence-corrected chi connectivity index (χ0v) is 9.31. The predicted molar refractivity (Wildman–Crippen MR) is 60.8 cm³/mol. The van der Waals surface area contributed by atoms with Gasteiger partial charge in [0.2, 0.25) is 5.91 Å². The minimum Gasteiger partial charge on any atom is -0.342 e. The van der Waals surface area contributed by atoms with Crippen molar-refractivity contribution in [2.24, 2.45) is 0 Å². The van der Waals surface area contributed by atoms with Crippen molar-refractivity contribution in [2.75, 3.05) is 13.1 Å². The first kappa shape index (κ1) is 11.2. The Kier molecular flexibility index (Phi) is 3.07. The maximum Gasteiger partial charge on any atom is 0.227 e. The molecule has 0 atom stereocenters. The first-order valence-electron chi connectivity index (χ1n) is 5.45. The van der Waals surface area contributed by atoms with Gasteiger partial charge in [0.1, 0.15) is 0 Å². The summed E-state index contributed by atoms with van der Waals surface area (Å²) in [5, 5.41) is 17.7. The van der Waals surface area contributed by atoms with Gasteiger partial charge in [-0.2, -0.15) is 10.5 Å². The molecule has 1 aromatic carbocycles. The van der Waals surface area contributed by atoms with Gasteiger partial charge < -0.3 is 4.90 Å². The summed E-state index contributed by atoms with van der Waals surface area (Å²) in [5.74, 6) is 0.0532. The second-order valence-corrected chi connectivity index (χ2v) is 4.01. The maximum atomic E-state index is 11.8. The average molecular weight is 225 g/mol. The number of rotatable bonds is 2. The van der Waals surface area contributed by atoms with Gasteiger partial charge in [-0.1, -0.05) is 6.07 Å². The Morgan fingerprint density at radius 3 is 2.59 bits per heavy atom. The molecule has 0 aromatic heterocycles. The number of amides is 1. The maximum absolute atomic E-state index is 11.8. The van der Waals surface area contributed by atoms with Gasteiger partial charge in [-0.15, -0.1) is 0 Å². The Hall–Kier alpha value is -2.33. The van der Waals surface area contributed by atoms with Crippen LogP contribution < -0.4 is 0 Å². The van der Waals surface area contributed by atoms with Crippen molar-refractivity contribution in [3.8, 4) is 12.1 Å². The molecule has 2 rings (SSSR count). The summed E-state index contributed by atoms with van der Waals surface area (Å²) in [5.41, 5.74) is 1.56. The van der Waals surface area contributed by atoms with E-state index in [9.17, 15) is 4.79 Å². The number of hydrogen-bond donors (Lipinski definition) is 0. The number of hydrogen-bond acceptors (Lipinski definition) is 3. The molecule has 0 bridgehead atoms. The molecule has 1 aliphatic heterocycles. The van der Waals surface area contributed by atoms with Crippen LogP contribution in [0.4, 0.5) is 0 Å². The van der Waals surface area contributed by atoms with E-state index in [1.807, 2.05) is 12.1 Å². The van der Waals surface area contributed by atoms with Gasteiger partial charge in [0, 0.05) is 13.1 Å². The standard InChI is InChI=1S/C13H11N3O/c14-8-10-2-3-11(12(6-10)9-15)7-13(17)16-4-1-5-16/h2-3,6H,1,4-5,7H2. The third kappa shape index (κ3) is 2.26. The zero-order valence-electron chi connectivity index (χ0n) is 9.31. The van der Waals surface area contributed by atoms with Crippen LogP contribution in [0.3, 0.4) is 0 Å².